The second-order valence-corrected chi connectivity index (χ2v) is 3.19. The molecule has 1 unspecified atom stereocenters. The van der Waals surface area contributed by atoms with Crippen LogP contribution in [0.2, 0.25) is 0 Å². The third-order valence-electron chi connectivity index (χ3n) is 1.46. The van der Waals surface area contributed by atoms with E-state index in [4.69, 9.17) is 9.47 Å². The molecule has 0 amide bonds. The number of hydrogen-bond donors (Lipinski definition) is 0. The van der Waals surface area contributed by atoms with E-state index < -0.39 is 0 Å². The van der Waals surface area contributed by atoms with E-state index >= 15 is 0 Å². The van der Waals surface area contributed by atoms with Crippen molar-refractivity contribution in [1.82, 2.24) is 0 Å². The molecule has 0 aliphatic carbocycles. The minimum Gasteiger partial charge on any atom is -0.436 e. The van der Waals surface area contributed by atoms with Gasteiger partial charge in [0.1, 0.15) is 0 Å². The second-order valence-electron chi connectivity index (χ2n) is 3.19. The number of rotatable bonds is 3. The van der Waals surface area contributed by atoms with Crippen molar-refractivity contribution in [2.75, 3.05) is 6.61 Å². The summed E-state index contributed by atoms with van der Waals surface area (Å²) in [6.07, 6.45) is 0.943. The first-order chi connectivity index (χ1) is 5.18. The summed E-state index contributed by atoms with van der Waals surface area (Å²) in [7, 11) is 0. The molecule has 1 fully saturated rings. The fourth-order valence-corrected chi connectivity index (χ4v) is 0.917. The predicted octanol–water partition coefficient (Wildman–Crippen LogP) is 1.32. The molecule has 3 heteroatoms. The molecule has 0 N–H and O–H groups in total. The minimum atomic E-state index is -0.273. The molecule has 0 saturated carbocycles. The first-order valence-electron chi connectivity index (χ1n) is 3.99. The van der Waals surface area contributed by atoms with E-state index in [1.54, 1.807) is 0 Å². The zero-order chi connectivity index (χ0) is 8.27. The van der Waals surface area contributed by atoms with E-state index in [9.17, 15) is 4.79 Å². The Morgan fingerprint density at radius 1 is 1.73 bits per heavy atom. The van der Waals surface area contributed by atoms with Crippen LogP contribution in [0.15, 0.2) is 0 Å². The van der Waals surface area contributed by atoms with Crippen molar-refractivity contribution in [3.63, 3.8) is 0 Å². The fraction of sp³-hybridized carbons (Fsp3) is 0.875. The van der Waals surface area contributed by atoms with E-state index in [1.807, 2.05) is 0 Å². The third-order valence-corrected chi connectivity index (χ3v) is 1.46. The van der Waals surface area contributed by atoms with Gasteiger partial charge in [-0.25, -0.2) is 0 Å². The zero-order valence-corrected chi connectivity index (χ0v) is 7.00. The van der Waals surface area contributed by atoms with Crippen molar-refractivity contribution in [1.29, 1.82) is 0 Å². The van der Waals surface area contributed by atoms with Gasteiger partial charge in [0.15, 0.2) is 0 Å². The summed E-state index contributed by atoms with van der Waals surface area (Å²) in [6, 6.07) is 0. The SMILES string of the molecule is CC(C)COC1CCC(=O)O1. The van der Waals surface area contributed by atoms with Crippen LogP contribution < -0.4 is 0 Å². The smallest absolute Gasteiger partial charge is 0.308 e. The molecular formula is C8H14O3. The van der Waals surface area contributed by atoms with Crippen LogP contribution in [0.4, 0.5) is 0 Å². The standard InChI is InChI=1S/C8H14O3/c1-6(2)5-10-8-4-3-7(9)11-8/h6,8H,3-5H2,1-2H3. The van der Waals surface area contributed by atoms with Gasteiger partial charge in [-0.15, -0.1) is 0 Å². The quantitative estimate of drug-likeness (QED) is 0.581. The van der Waals surface area contributed by atoms with Gasteiger partial charge >= 0.3 is 5.97 Å². The number of carbonyl (C=O) groups is 1. The lowest BCUT2D eigenvalue weighted by molar-refractivity contribution is -0.164. The Bertz CT molecular complexity index is 142. The topological polar surface area (TPSA) is 35.5 Å². The normalized spacial score (nSPS) is 24.3. The molecular weight excluding hydrogens is 144 g/mol. The number of hydrogen-bond acceptors (Lipinski definition) is 3. The van der Waals surface area contributed by atoms with Crippen molar-refractivity contribution >= 4 is 5.97 Å². The molecule has 0 bridgehead atoms. The van der Waals surface area contributed by atoms with Crippen LogP contribution in [0.5, 0.6) is 0 Å². The number of ether oxygens (including phenoxy) is 2. The van der Waals surface area contributed by atoms with Gasteiger partial charge < -0.3 is 9.47 Å². The van der Waals surface area contributed by atoms with Crippen LogP contribution in [-0.4, -0.2) is 18.9 Å². The number of cyclic esters (lactones) is 1. The number of carbonyl (C=O) groups excluding carboxylic acids is 1. The molecule has 1 rings (SSSR count). The minimum absolute atomic E-state index is 0.140. The summed E-state index contributed by atoms with van der Waals surface area (Å²) in [6.45, 7) is 4.80. The van der Waals surface area contributed by atoms with Crippen LogP contribution in [0.1, 0.15) is 26.7 Å². The average Bonchev–Trinajstić information content (AvgIpc) is 2.31. The monoisotopic (exact) mass is 158 g/mol. The molecule has 1 aliphatic heterocycles. The van der Waals surface area contributed by atoms with Gasteiger partial charge in [0, 0.05) is 6.42 Å². The summed E-state index contributed by atoms with van der Waals surface area (Å²) in [5.41, 5.74) is 0. The van der Waals surface area contributed by atoms with E-state index in [-0.39, 0.29) is 12.3 Å². The summed E-state index contributed by atoms with van der Waals surface area (Å²) < 4.78 is 10.1. The van der Waals surface area contributed by atoms with Crippen LogP contribution in [0.25, 0.3) is 0 Å². The Labute approximate surface area is 66.7 Å². The molecule has 0 aromatic heterocycles. The second kappa shape index (κ2) is 3.72. The van der Waals surface area contributed by atoms with Crippen LogP contribution in [0.3, 0.4) is 0 Å². The van der Waals surface area contributed by atoms with Gasteiger partial charge in [-0.1, -0.05) is 13.8 Å². The zero-order valence-electron chi connectivity index (χ0n) is 7.00. The molecule has 1 aliphatic rings. The molecule has 0 radical (unpaired) electrons. The lowest BCUT2D eigenvalue weighted by Gasteiger charge is -2.11. The van der Waals surface area contributed by atoms with E-state index in [0.717, 1.165) is 0 Å². The van der Waals surface area contributed by atoms with Crippen LogP contribution >= 0.6 is 0 Å². The van der Waals surface area contributed by atoms with Crippen molar-refractivity contribution in [2.24, 2.45) is 5.92 Å². The average molecular weight is 158 g/mol. The van der Waals surface area contributed by atoms with Gasteiger partial charge in [0.2, 0.25) is 6.29 Å². The van der Waals surface area contributed by atoms with Gasteiger partial charge in [0.05, 0.1) is 13.0 Å². The molecule has 1 saturated heterocycles. The Morgan fingerprint density at radius 3 is 2.91 bits per heavy atom. The maximum Gasteiger partial charge on any atom is 0.308 e. The Kier molecular flexibility index (Phi) is 2.88. The summed E-state index contributed by atoms with van der Waals surface area (Å²) >= 11 is 0. The Hall–Kier alpha value is -0.570. The first-order valence-corrected chi connectivity index (χ1v) is 3.99. The van der Waals surface area contributed by atoms with Gasteiger partial charge in [-0.05, 0) is 5.92 Å². The molecule has 0 spiro atoms. The molecule has 1 heterocycles. The predicted molar refractivity (Wildman–Crippen MR) is 39.9 cm³/mol. The maximum atomic E-state index is 10.6. The Morgan fingerprint density at radius 2 is 2.45 bits per heavy atom. The highest BCUT2D eigenvalue weighted by Gasteiger charge is 2.23. The highest BCUT2D eigenvalue weighted by molar-refractivity contribution is 5.71. The van der Waals surface area contributed by atoms with Crippen LogP contribution in [0, 0.1) is 5.92 Å². The molecule has 0 aromatic rings. The van der Waals surface area contributed by atoms with E-state index in [0.29, 0.717) is 25.4 Å². The first kappa shape index (κ1) is 8.53. The van der Waals surface area contributed by atoms with Crippen molar-refractivity contribution in [3.8, 4) is 0 Å². The van der Waals surface area contributed by atoms with Gasteiger partial charge in [0.25, 0.3) is 0 Å². The Balaban J connectivity index is 2.13. The van der Waals surface area contributed by atoms with E-state index in [1.165, 1.54) is 0 Å². The van der Waals surface area contributed by atoms with Gasteiger partial charge in [-0.2, -0.15) is 0 Å². The molecule has 0 aromatic carbocycles. The van der Waals surface area contributed by atoms with Crippen molar-refractivity contribution in [2.45, 2.75) is 33.0 Å². The lowest BCUT2D eigenvalue weighted by Crippen LogP contribution is -2.15. The van der Waals surface area contributed by atoms with Crippen LogP contribution in [-0.2, 0) is 14.3 Å². The lowest BCUT2D eigenvalue weighted by atomic mass is 10.2. The highest BCUT2D eigenvalue weighted by atomic mass is 16.7. The fourth-order valence-electron chi connectivity index (χ4n) is 0.917. The summed E-state index contributed by atoms with van der Waals surface area (Å²) in [5.74, 6) is 0.355. The van der Waals surface area contributed by atoms with Gasteiger partial charge in [-0.3, -0.25) is 4.79 Å². The molecule has 11 heavy (non-hydrogen) atoms. The van der Waals surface area contributed by atoms with E-state index in [2.05, 4.69) is 13.8 Å². The highest BCUT2D eigenvalue weighted by Crippen LogP contribution is 2.15. The largest absolute Gasteiger partial charge is 0.436 e. The maximum absolute atomic E-state index is 10.6. The third kappa shape index (κ3) is 2.89. The molecule has 64 valence electrons. The van der Waals surface area contributed by atoms with Crippen molar-refractivity contribution in [3.05, 3.63) is 0 Å². The number of esters is 1. The molecule has 3 nitrogen and oxygen atoms in total. The molecule has 1 atom stereocenters. The summed E-state index contributed by atoms with van der Waals surface area (Å²) in [4.78, 5) is 10.6. The summed E-state index contributed by atoms with van der Waals surface area (Å²) in [5, 5.41) is 0. The van der Waals surface area contributed by atoms with Crippen molar-refractivity contribution < 1.29 is 14.3 Å².